The van der Waals surface area contributed by atoms with E-state index in [-0.39, 0.29) is 6.71 Å². The van der Waals surface area contributed by atoms with Gasteiger partial charge < -0.3 is 9.80 Å². The molecule has 0 unspecified atom stereocenters. The lowest BCUT2D eigenvalue weighted by atomic mass is 9.33. The Hall–Kier alpha value is -7.48. The highest BCUT2D eigenvalue weighted by Crippen LogP contribution is 2.55. The minimum Gasteiger partial charge on any atom is -0.310 e. The van der Waals surface area contributed by atoms with E-state index in [0.717, 1.165) is 0 Å². The Labute approximate surface area is 393 Å². The zero-order valence-electron chi connectivity index (χ0n) is 35.4. The van der Waals surface area contributed by atoms with Crippen LogP contribution in [0.25, 0.3) is 82.8 Å². The maximum absolute atomic E-state index is 2.67. The molecule has 6 heteroatoms. The van der Waals surface area contributed by atoms with E-state index in [9.17, 15) is 0 Å². The first kappa shape index (κ1) is 36.8. The summed E-state index contributed by atoms with van der Waals surface area (Å²) in [6.07, 6.45) is 0. The number of fused-ring (bicyclic) bond motifs is 14. The van der Waals surface area contributed by atoms with E-state index in [1.54, 1.807) is 0 Å². The summed E-state index contributed by atoms with van der Waals surface area (Å²) in [4.78, 5) is 5.31. The minimum absolute atomic E-state index is 0.0242. The molecule has 0 amide bonds. The van der Waals surface area contributed by atoms with E-state index in [1.807, 2.05) is 34.0 Å². The molecule has 306 valence electrons. The minimum atomic E-state index is -0.0242. The monoisotopic (exact) mass is 890 g/mol. The SMILES string of the molecule is c1ccc(-c2ccc3sc4ccccc4c3c2N2c3ccccc3B3c4c2cccc4N(c2c(-c4ccccc4)ccc4sc5ccccc5c24)c2ccc4c(sc5ccccc54)c23)cc1. The second-order valence-corrected chi connectivity index (χ2v) is 20.7. The molecule has 0 bridgehead atoms. The molecule has 0 fully saturated rings. The molecule has 0 saturated heterocycles. The Morgan fingerprint density at radius 3 is 1.38 bits per heavy atom. The van der Waals surface area contributed by atoms with E-state index in [1.165, 1.54) is 133 Å². The molecule has 2 aliphatic rings. The number of thiophene rings is 3. The largest absolute Gasteiger partial charge is 0.310 e. The number of anilines is 6. The quantitative estimate of drug-likeness (QED) is 0.162. The van der Waals surface area contributed by atoms with E-state index < -0.39 is 0 Å². The number of nitrogens with zero attached hydrogens (tertiary/aromatic N) is 2. The summed E-state index contributed by atoms with van der Waals surface area (Å²) < 4.78 is 7.85. The number of para-hydroxylation sites is 1. The molecular formula is C60H35BN2S3. The van der Waals surface area contributed by atoms with Crippen molar-refractivity contribution in [2.45, 2.75) is 0 Å². The Kier molecular flexibility index (Phi) is 7.82. The highest BCUT2D eigenvalue weighted by atomic mass is 32.1. The Balaban J connectivity index is 1.13. The van der Waals surface area contributed by atoms with Crippen molar-refractivity contribution in [3.05, 3.63) is 212 Å². The molecule has 13 aromatic rings. The van der Waals surface area contributed by atoms with Gasteiger partial charge in [-0.1, -0.05) is 158 Å². The predicted molar refractivity (Wildman–Crippen MR) is 290 cm³/mol. The first-order valence-corrected chi connectivity index (χ1v) is 25.0. The van der Waals surface area contributed by atoms with Crippen molar-refractivity contribution in [1.82, 2.24) is 0 Å². The predicted octanol–water partition coefficient (Wildman–Crippen LogP) is 16.2. The molecule has 0 aliphatic carbocycles. The molecular weight excluding hydrogens is 856 g/mol. The van der Waals surface area contributed by atoms with Crippen LogP contribution in [0, 0.1) is 0 Å². The zero-order chi connectivity index (χ0) is 43.0. The summed E-state index contributed by atoms with van der Waals surface area (Å²) in [6, 6.07) is 79.6. The molecule has 2 aliphatic heterocycles. The molecule has 10 aromatic carbocycles. The van der Waals surface area contributed by atoms with Crippen molar-refractivity contribution in [3.8, 4) is 22.3 Å². The van der Waals surface area contributed by atoms with Gasteiger partial charge >= 0.3 is 0 Å². The van der Waals surface area contributed by atoms with Crippen LogP contribution in [-0.2, 0) is 0 Å². The lowest BCUT2D eigenvalue weighted by Crippen LogP contribution is -2.61. The van der Waals surface area contributed by atoms with E-state index in [4.69, 9.17) is 0 Å². The number of rotatable bonds is 4. The average molecular weight is 891 g/mol. The highest BCUT2D eigenvalue weighted by Gasteiger charge is 2.45. The highest BCUT2D eigenvalue weighted by molar-refractivity contribution is 7.28. The molecule has 15 rings (SSSR count). The van der Waals surface area contributed by atoms with Gasteiger partial charge in [0, 0.05) is 89.0 Å². The molecule has 5 heterocycles. The molecule has 0 saturated carbocycles. The summed E-state index contributed by atoms with van der Waals surface area (Å²) in [6.45, 7) is -0.0242. The maximum Gasteiger partial charge on any atom is 0.254 e. The van der Waals surface area contributed by atoms with Crippen molar-refractivity contribution in [2.24, 2.45) is 0 Å². The van der Waals surface area contributed by atoms with Crippen LogP contribution in [0.1, 0.15) is 0 Å². The van der Waals surface area contributed by atoms with Crippen molar-refractivity contribution < 1.29 is 0 Å². The first-order chi connectivity index (χ1) is 32.8. The van der Waals surface area contributed by atoms with Crippen LogP contribution in [0.15, 0.2) is 212 Å². The summed E-state index contributed by atoms with van der Waals surface area (Å²) >= 11 is 5.72. The fourth-order valence-corrected chi connectivity index (χ4v) is 14.9. The van der Waals surface area contributed by atoms with Crippen LogP contribution >= 0.6 is 34.0 Å². The summed E-state index contributed by atoms with van der Waals surface area (Å²) in [5.74, 6) is 0. The van der Waals surface area contributed by atoms with Crippen molar-refractivity contribution in [1.29, 1.82) is 0 Å². The molecule has 0 atom stereocenters. The fourth-order valence-electron chi connectivity index (χ4n) is 11.4. The summed E-state index contributed by atoms with van der Waals surface area (Å²) in [5, 5.41) is 7.80. The maximum atomic E-state index is 2.67. The summed E-state index contributed by atoms with van der Waals surface area (Å²) in [5.41, 5.74) is 16.2. The third-order valence-corrected chi connectivity index (χ3v) is 17.6. The standard InChI is InChI=1S/C60H35BN2S3/c1-3-16-36(17-4-1)38-31-34-52-54(42-21-8-13-28-50(42)64-52)58(38)62-45-24-11-10-23-44(45)61-56-46(62)25-15-26-47(56)63(48-33-30-41-40-20-7-12-27-49(40)66-60(41)57(48)61)59-39(37-18-5-2-6-19-37)32-35-53-55(59)43-22-9-14-29-51(43)65-53/h1-35H. The Bertz CT molecular complexity index is 4130. The lowest BCUT2D eigenvalue weighted by Gasteiger charge is -2.45. The van der Waals surface area contributed by atoms with Crippen molar-refractivity contribution in [2.75, 3.05) is 9.80 Å². The lowest BCUT2D eigenvalue weighted by molar-refractivity contribution is 1.27. The number of hydrogen-bond donors (Lipinski definition) is 0. The van der Waals surface area contributed by atoms with Crippen molar-refractivity contribution >= 4 is 152 Å². The van der Waals surface area contributed by atoms with Crippen LogP contribution < -0.4 is 26.2 Å². The van der Waals surface area contributed by atoms with Gasteiger partial charge in [0.25, 0.3) is 6.71 Å². The molecule has 66 heavy (non-hydrogen) atoms. The Morgan fingerprint density at radius 2 is 0.773 bits per heavy atom. The molecule has 0 N–H and O–H groups in total. The van der Waals surface area contributed by atoms with Gasteiger partial charge in [0.1, 0.15) is 0 Å². The van der Waals surface area contributed by atoms with Gasteiger partial charge in [0.15, 0.2) is 0 Å². The zero-order valence-corrected chi connectivity index (χ0v) is 37.9. The number of benzene rings is 10. The van der Waals surface area contributed by atoms with Gasteiger partial charge in [-0.2, -0.15) is 0 Å². The second kappa shape index (κ2) is 14.0. The van der Waals surface area contributed by atoms with Gasteiger partial charge in [0.05, 0.1) is 11.4 Å². The third-order valence-electron chi connectivity index (χ3n) is 14.1. The Morgan fingerprint density at radius 1 is 0.303 bits per heavy atom. The normalized spacial score (nSPS) is 13.1. The van der Waals surface area contributed by atoms with E-state index in [2.05, 4.69) is 222 Å². The van der Waals surface area contributed by atoms with Crippen LogP contribution in [0.4, 0.5) is 34.1 Å². The smallest absolute Gasteiger partial charge is 0.254 e. The summed E-state index contributed by atoms with van der Waals surface area (Å²) in [7, 11) is 0. The van der Waals surface area contributed by atoms with Gasteiger partial charge in [-0.3, -0.25) is 0 Å². The third kappa shape index (κ3) is 5.06. The second-order valence-electron chi connectivity index (χ2n) is 17.4. The fraction of sp³-hybridized carbons (Fsp3) is 0. The van der Waals surface area contributed by atoms with Gasteiger partial charge in [0.2, 0.25) is 0 Å². The average Bonchev–Trinajstić information content (AvgIpc) is 4.08. The van der Waals surface area contributed by atoms with Gasteiger partial charge in [-0.15, -0.1) is 34.0 Å². The van der Waals surface area contributed by atoms with E-state index >= 15 is 0 Å². The topological polar surface area (TPSA) is 6.48 Å². The van der Waals surface area contributed by atoms with Crippen LogP contribution in [0.3, 0.4) is 0 Å². The van der Waals surface area contributed by atoms with Crippen LogP contribution in [0.5, 0.6) is 0 Å². The van der Waals surface area contributed by atoms with Gasteiger partial charge in [-0.05, 0) is 87.5 Å². The first-order valence-electron chi connectivity index (χ1n) is 22.5. The molecule has 0 radical (unpaired) electrons. The number of hydrogen-bond acceptors (Lipinski definition) is 5. The van der Waals surface area contributed by atoms with Gasteiger partial charge in [-0.25, -0.2) is 0 Å². The molecule has 0 spiro atoms. The molecule has 3 aromatic heterocycles. The van der Waals surface area contributed by atoms with Crippen molar-refractivity contribution in [3.63, 3.8) is 0 Å². The van der Waals surface area contributed by atoms with Crippen LogP contribution in [0.2, 0.25) is 0 Å². The van der Waals surface area contributed by atoms with Crippen LogP contribution in [-0.4, -0.2) is 6.71 Å². The van der Waals surface area contributed by atoms with E-state index in [0.29, 0.717) is 0 Å². The molecule has 2 nitrogen and oxygen atoms in total.